The van der Waals surface area contributed by atoms with Gasteiger partial charge in [0.15, 0.2) is 6.10 Å². The first-order chi connectivity index (χ1) is 6.84. The van der Waals surface area contributed by atoms with Gasteiger partial charge in [0.1, 0.15) is 0 Å². The molecule has 1 aromatic rings. The van der Waals surface area contributed by atoms with Crippen LogP contribution in [0.25, 0.3) is 0 Å². The van der Waals surface area contributed by atoms with Crippen LogP contribution >= 0.6 is 0 Å². The fourth-order valence-electron chi connectivity index (χ4n) is 1.31. The van der Waals surface area contributed by atoms with Crippen molar-refractivity contribution in [3.63, 3.8) is 0 Å². The molecule has 1 aromatic carbocycles. The third-order valence-corrected chi connectivity index (χ3v) is 2.04. The molecule has 2 rings (SSSR count). The molecule has 1 unspecified atom stereocenters. The molecule has 1 fully saturated rings. The summed E-state index contributed by atoms with van der Waals surface area (Å²) in [4.78, 5) is 10.8. The normalized spacial score (nSPS) is 19.7. The fourth-order valence-corrected chi connectivity index (χ4v) is 1.31. The van der Waals surface area contributed by atoms with Gasteiger partial charge in [-0.05, 0) is 12.1 Å². The lowest BCUT2D eigenvalue weighted by atomic mass is 10.2. The van der Waals surface area contributed by atoms with E-state index >= 15 is 0 Å². The van der Waals surface area contributed by atoms with Crippen molar-refractivity contribution in [2.45, 2.75) is 18.9 Å². The highest BCUT2D eigenvalue weighted by molar-refractivity contribution is 5.72. The zero-order chi connectivity index (χ0) is 9.80. The molecule has 1 saturated heterocycles. The van der Waals surface area contributed by atoms with E-state index < -0.39 is 0 Å². The Morgan fingerprint density at radius 2 is 2.07 bits per heavy atom. The van der Waals surface area contributed by atoms with Crippen LogP contribution in [0.2, 0.25) is 0 Å². The van der Waals surface area contributed by atoms with Crippen LogP contribution in [-0.2, 0) is 9.53 Å². The molecule has 0 saturated carbocycles. The van der Waals surface area contributed by atoms with Crippen molar-refractivity contribution in [2.24, 2.45) is 0 Å². The third kappa shape index (κ3) is 2.14. The Kier molecular flexibility index (Phi) is 2.51. The topological polar surface area (TPSA) is 26.3 Å². The van der Waals surface area contributed by atoms with Crippen LogP contribution in [-0.4, -0.2) is 12.1 Å². The molecule has 70 valence electrons. The maximum Gasteiger partial charge on any atom is 0.307 e. The second-order valence-electron chi connectivity index (χ2n) is 3.15. The molecule has 2 heteroatoms. The molecule has 0 bridgehead atoms. The zero-order valence-electron chi connectivity index (χ0n) is 7.69. The van der Waals surface area contributed by atoms with Gasteiger partial charge in [-0.1, -0.05) is 30.0 Å². The average Bonchev–Trinajstić information content (AvgIpc) is 2.63. The van der Waals surface area contributed by atoms with Crippen LogP contribution in [0.4, 0.5) is 0 Å². The van der Waals surface area contributed by atoms with E-state index in [9.17, 15) is 4.79 Å². The van der Waals surface area contributed by atoms with Gasteiger partial charge in [-0.2, -0.15) is 0 Å². The first kappa shape index (κ1) is 8.83. The summed E-state index contributed by atoms with van der Waals surface area (Å²) in [5.74, 6) is 5.77. The lowest BCUT2D eigenvalue weighted by Crippen LogP contribution is -2.02. The molecule has 0 aromatic heterocycles. The second-order valence-corrected chi connectivity index (χ2v) is 3.15. The Morgan fingerprint density at radius 1 is 1.29 bits per heavy atom. The van der Waals surface area contributed by atoms with Gasteiger partial charge in [0, 0.05) is 12.0 Å². The van der Waals surface area contributed by atoms with Crippen LogP contribution in [0.15, 0.2) is 30.3 Å². The maximum absolute atomic E-state index is 10.8. The average molecular weight is 186 g/mol. The number of cyclic esters (lactones) is 1. The van der Waals surface area contributed by atoms with Crippen molar-refractivity contribution in [1.82, 2.24) is 0 Å². The first-order valence-corrected chi connectivity index (χ1v) is 4.61. The van der Waals surface area contributed by atoms with Crippen LogP contribution in [0, 0.1) is 11.8 Å². The Bertz CT molecular complexity index is 384. The summed E-state index contributed by atoms with van der Waals surface area (Å²) < 4.78 is 4.97. The van der Waals surface area contributed by atoms with E-state index in [1.54, 1.807) is 0 Å². The highest BCUT2D eigenvalue weighted by Crippen LogP contribution is 2.12. The van der Waals surface area contributed by atoms with Crippen molar-refractivity contribution in [2.75, 3.05) is 0 Å². The molecule has 0 spiro atoms. The van der Waals surface area contributed by atoms with Gasteiger partial charge < -0.3 is 4.74 Å². The number of hydrogen-bond donors (Lipinski definition) is 0. The van der Waals surface area contributed by atoms with Crippen LogP contribution in [0.5, 0.6) is 0 Å². The van der Waals surface area contributed by atoms with Gasteiger partial charge in [-0.25, -0.2) is 0 Å². The number of hydrogen-bond acceptors (Lipinski definition) is 2. The number of ether oxygens (including phenoxy) is 1. The molecular formula is C12H10O2. The molecule has 2 nitrogen and oxygen atoms in total. The van der Waals surface area contributed by atoms with E-state index in [1.165, 1.54) is 0 Å². The van der Waals surface area contributed by atoms with E-state index in [4.69, 9.17) is 4.74 Å². The van der Waals surface area contributed by atoms with E-state index in [2.05, 4.69) is 11.8 Å². The molecule has 0 N–H and O–H groups in total. The molecular weight excluding hydrogens is 176 g/mol. The lowest BCUT2D eigenvalue weighted by molar-refractivity contribution is -0.139. The highest BCUT2D eigenvalue weighted by Gasteiger charge is 2.20. The summed E-state index contributed by atoms with van der Waals surface area (Å²) in [7, 11) is 0. The maximum atomic E-state index is 10.8. The molecule has 0 amide bonds. The summed E-state index contributed by atoms with van der Waals surface area (Å²) in [6, 6.07) is 9.68. The van der Waals surface area contributed by atoms with Gasteiger partial charge >= 0.3 is 5.97 Å². The first-order valence-electron chi connectivity index (χ1n) is 4.61. The predicted molar refractivity (Wildman–Crippen MR) is 52.4 cm³/mol. The second kappa shape index (κ2) is 3.97. The highest BCUT2D eigenvalue weighted by atomic mass is 16.5. The molecule has 0 radical (unpaired) electrons. The van der Waals surface area contributed by atoms with E-state index in [0.29, 0.717) is 6.42 Å². The summed E-state index contributed by atoms with van der Waals surface area (Å²) in [5.41, 5.74) is 0.954. The predicted octanol–water partition coefficient (Wildman–Crippen LogP) is 1.74. The number of carbonyl (C=O) groups excluding carboxylic acids is 1. The minimum atomic E-state index is -0.206. The molecule has 1 heterocycles. The molecule has 1 atom stereocenters. The summed E-state index contributed by atoms with van der Waals surface area (Å²) in [5, 5.41) is 0. The molecule has 0 aliphatic carbocycles. The number of rotatable bonds is 0. The van der Waals surface area contributed by atoms with Crippen LogP contribution in [0.1, 0.15) is 18.4 Å². The van der Waals surface area contributed by atoms with Gasteiger partial charge in [0.2, 0.25) is 0 Å². The number of carbonyl (C=O) groups is 1. The van der Waals surface area contributed by atoms with E-state index in [0.717, 1.165) is 12.0 Å². The van der Waals surface area contributed by atoms with Crippen molar-refractivity contribution >= 4 is 5.97 Å². The smallest absolute Gasteiger partial charge is 0.307 e. The zero-order valence-corrected chi connectivity index (χ0v) is 7.69. The third-order valence-electron chi connectivity index (χ3n) is 2.04. The van der Waals surface area contributed by atoms with Crippen molar-refractivity contribution in [1.29, 1.82) is 0 Å². The van der Waals surface area contributed by atoms with Gasteiger partial charge in [-0.15, -0.1) is 0 Å². The SMILES string of the molecule is O=C1CCC(C#Cc2ccccc2)O1. The van der Waals surface area contributed by atoms with Crippen LogP contribution < -0.4 is 0 Å². The van der Waals surface area contributed by atoms with Crippen LogP contribution in [0.3, 0.4) is 0 Å². The Hall–Kier alpha value is -1.75. The summed E-state index contributed by atoms with van der Waals surface area (Å²) >= 11 is 0. The van der Waals surface area contributed by atoms with Crippen molar-refractivity contribution < 1.29 is 9.53 Å². The standard InChI is InChI=1S/C12H10O2/c13-12-9-8-11(14-12)7-6-10-4-2-1-3-5-10/h1-5,11H,8-9H2. The molecule has 1 aliphatic heterocycles. The van der Waals surface area contributed by atoms with E-state index in [-0.39, 0.29) is 12.1 Å². The fraction of sp³-hybridized carbons (Fsp3) is 0.250. The quantitative estimate of drug-likeness (QED) is 0.455. The summed E-state index contributed by atoms with van der Waals surface area (Å²) in [6.07, 6.45) is 1.01. The Balaban J connectivity index is 2.04. The molecule has 1 aliphatic rings. The minimum Gasteiger partial charge on any atom is -0.449 e. The molecule has 14 heavy (non-hydrogen) atoms. The van der Waals surface area contributed by atoms with Crippen molar-refractivity contribution in [3.8, 4) is 11.8 Å². The lowest BCUT2D eigenvalue weighted by Gasteiger charge is -1.97. The summed E-state index contributed by atoms with van der Waals surface area (Å²) in [6.45, 7) is 0. The Morgan fingerprint density at radius 3 is 2.71 bits per heavy atom. The monoisotopic (exact) mass is 186 g/mol. The number of benzene rings is 1. The van der Waals surface area contributed by atoms with Gasteiger partial charge in [-0.3, -0.25) is 4.79 Å². The minimum absolute atomic E-state index is 0.141. The Labute approximate surface area is 82.9 Å². The number of esters is 1. The van der Waals surface area contributed by atoms with Crippen molar-refractivity contribution in [3.05, 3.63) is 35.9 Å². The van der Waals surface area contributed by atoms with E-state index in [1.807, 2.05) is 30.3 Å². The van der Waals surface area contributed by atoms with Gasteiger partial charge in [0.25, 0.3) is 0 Å². The van der Waals surface area contributed by atoms with Gasteiger partial charge in [0.05, 0.1) is 6.42 Å². The largest absolute Gasteiger partial charge is 0.449 e.